The van der Waals surface area contributed by atoms with Crippen molar-refractivity contribution in [2.24, 2.45) is 0 Å². The van der Waals surface area contributed by atoms with Crippen LogP contribution >= 0.6 is 0 Å². The summed E-state index contributed by atoms with van der Waals surface area (Å²) in [6.07, 6.45) is -0.374. The number of hydrogen-bond donors (Lipinski definition) is 0. The second-order valence-corrected chi connectivity index (χ2v) is 2.87. The van der Waals surface area contributed by atoms with E-state index in [9.17, 15) is 18.4 Å². The quantitative estimate of drug-likeness (QED) is 0.561. The van der Waals surface area contributed by atoms with Crippen molar-refractivity contribution in [1.29, 1.82) is 0 Å². The molecule has 0 bridgehead atoms. The Labute approximate surface area is 84.7 Å². The number of halogens is 2. The maximum atomic E-state index is 12.7. The number of Topliss-reactive ketones (excluding diaryl/α,β-unsaturated/α-hetero) is 1. The molecule has 1 rings (SSSR count). The molecule has 0 atom stereocenters. The van der Waals surface area contributed by atoms with E-state index >= 15 is 0 Å². The van der Waals surface area contributed by atoms with E-state index in [1.807, 2.05) is 0 Å². The molecule has 0 aliphatic heterocycles. The van der Waals surface area contributed by atoms with Crippen LogP contribution in [0.4, 0.5) is 8.78 Å². The number of carbonyl (C=O) groups excluding carboxylic acids is 2. The van der Waals surface area contributed by atoms with Crippen LogP contribution in [-0.2, 0) is 20.7 Å². The molecule has 1 aromatic carbocycles. The van der Waals surface area contributed by atoms with Gasteiger partial charge in [0.05, 0.1) is 7.11 Å². The zero-order valence-corrected chi connectivity index (χ0v) is 7.92. The summed E-state index contributed by atoms with van der Waals surface area (Å²) in [7, 11) is 1.06. The van der Waals surface area contributed by atoms with Gasteiger partial charge in [-0.05, 0) is 17.7 Å². The maximum absolute atomic E-state index is 12.7. The Hall–Kier alpha value is -1.78. The number of methoxy groups -OCH3 is 1. The van der Waals surface area contributed by atoms with Gasteiger partial charge >= 0.3 is 5.97 Å². The number of carbonyl (C=O) groups is 2. The van der Waals surface area contributed by atoms with Crippen LogP contribution in [0.3, 0.4) is 0 Å². The van der Waals surface area contributed by atoms with Crippen LogP contribution in [0.25, 0.3) is 0 Å². The summed E-state index contributed by atoms with van der Waals surface area (Å²) in [6, 6.07) is 2.67. The summed E-state index contributed by atoms with van der Waals surface area (Å²) in [4.78, 5) is 21.8. The van der Waals surface area contributed by atoms with Crippen LogP contribution in [0.2, 0.25) is 0 Å². The first-order valence-electron chi connectivity index (χ1n) is 4.09. The topological polar surface area (TPSA) is 43.4 Å². The highest BCUT2D eigenvalue weighted by Crippen LogP contribution is 2.09. The molecule has 1 aromatic rings. The Morgan fingerprint density at radius 2 is 1.73 bits per heavy atom. The van der Waals surface area contributed by atoms with Crippen molar-refractivity contribution in [3.63, 3.8) is 0 Å². The number of benzene rings is 1. The van der Waals surface area contributed by atoms with E-state index in [1.165, 1.54) is 0 Å². The van der Waals surface area contributed by atoms with E-state index in [2.05, 4.69) is 4.74 Å². The minimum atomic E-state index is -1.03. The number of esters is 1. The summed E-state index contributed by atoms with van der Waals surface area (Å²) >= 11 is 0. The predicted octanol–water partition coefficient (Wildman–Crippen LogP) is 1.25. The Balaban J connectivity index is 2.81. The molecule has 5 heteroatoms. The fourth-order valence-electron chi connectivity index (χ4n) is 1.08. The summed E-state index contributed by atoms with van der Waals surface area (Å²) in [6.45, 7) is 0. The van der Waals surface area contributed by atoms with Gasteiger partial charge in [0, 0.05) is 12.5 Å². The molecule has 0 saturated heterocycles. The molecular formula is C10H8F2O3. The van der Waals surface area contributed by atoms with Gasteiger partial charge in [-0.1, -0.05) is 0 Å². The molecule has 15 heavy (non-hydrogen) atoms. The number of ether oxygens (including phenoxy) is 1. The van der Waals surface area contributed by atoms with Crippen molar-refractivity contribution < 1.29 is 23.1 Å². The van der Waals surface area contributed by atoms with Crippen LogP contribution in [0.1, 0.15) is 5.56 Å². The maximum Gasteiger partial charge on any atom is 0.374 e. The molecule has 80 valence electrons. The molecule has 3 nitrogen and oxygen atoms in total. The minimum absolute atomic E-state index is 0.0999. The van der Waals surface area contributed by atoms with Gasteiger partial charge in [-0.25, -0.2) is 13.6 Å². The van der Waals surface area contributed by atoms with Crippen LogP contribution in [0, 0.1) is 11.6 Å². The lowest BCUT2D eigenvalue weighted by molar-refractivity contribution is -0.151. The fraction of sp³-hybridized carbons (Fsp3) is 0.200. The van der Waals surface area contributed by atoms with Gasteiger partial charge in [0.1, 0.15) is 11.6 Å². The predicted molar refractivity (Wildman–Crippen MR) is 47.1 cm³/mol. The van der Waals surface area contributed by atoms with Crippen LogP contribution in [0.15, 0.2) is 18.2 Å². The Kier molecular flexibility index (Phi) is 3.49. The average Bonchev–Trinajstić information content (AvgIpc) is 2.14. The lowest BCUT2D eigenvalue weighted by atomic mass is 10.1. The Morgan fingerprint density at radius 3 is 2.20 bits per heavy atom. The first-order valence-corrected chi connectivity index (χ1v) is 4.09. The second kappa shape index (κ2) is 4.63. The van der Waals surface area contributed by atoms with E-state index in [4.69, 9.17) is 0 Å². The van der Waals surface area contributed by atoms with Gasteiger partial charge < -0.3 is 4.74 Å². The van der Waals surface area contributed by atoms with Crippen LogP contribution in [-0.4, -0.2) is 18.9 Å². The van der Waals surface area contributed by atoms with E-state index in [-0.39, 0.29) is 12.0 Å². The third kappa shape index (κ3) is 3.12. The number of hydrogen-bond acceptors (Lipinski definition) is 3. The minimum Gasteiger partial charge on any atom is -0.463 e. The van der Waals surface area contributed by atoms with Crippen molar-refractivity contribution >= 4 is 11.8 Å². The molecule has 0 saturated carbocycles. The van der Waals surface area contributed by atoms with Crippen molar-refractivity contribution in [3.05, 3.63) is 35.4 Å². The molecule has 0 fully saturated rings. The molecule has 0 spiro atoms. The molecule has 0 radical (unpaired) electrons. The smallest absolute Gasteiger partial charge is 0.374 e. The molecule has 0 aromatic heterocycles. The van der Waals surface area contributed by atoms with Crippen LogP contribution in [0.5, 0.6) is 0 Å². The normalized spacial score (nSPS) is 9.80. The van der Waals surface area contributed by atoms with E-state index in [0.717, 1.165) is 19.2 Å². The molecule has 0 N–H and O–H groups in total. The highest BCUT2D eigenvalue weighted by Gasteiger charge is 2.15. The fourth-order valence-corrected chi connectivity index (χ4v) is 1.08. The monoisotopic (exact) mass is 214 g/mol. The van der Waals surface area contributed by atoms with Gasteiger partial charge in [-0.15, -0.1) is 0 Å². The molecule has 0 aliphatic carbocycles. The van der Waals surface area contributed by atoms with Gasteiger partial charge in [-0.2, -0.15) is 0 Å². The Bertz CT molecular complexity index is 381. The van der Waals surface area contributed by atoms with Gasteiger partial charge in [0.2, 0.25) is 5.78 Å². The summed E-state index contributed by atoms with van der Waals surface area (Å²) in [5.74, 6) is -3.45. The largest absolute Gasteiger partial charge is 0.463 e. The average molecular weight is 214 g/mol. The third-order valence-electron chi connectivity index (χ3n) is 1.70. The SMILES string of the molecule is COC(=O)C(=O)Cc1cc(F)cc(F)c1. The van der Waals surface area contributed by atoms with Crippen LogP contribution < -0.4 is 0 Å². The standard InChI is InChI=1S/C10H8F2O3/c1-15-10(14)9(13)4-6-2-7(11)5-8(12)3-6/h2-3,5H,4H2,1H3. The number of ketones is 1. The van der Waals surface area contributed by atoms with E-state index in [0.29, 0.717) is 6.07 Å². The van der Waals surface area contributed by atoms with Crippen molar-refractivity contribution in [2.75, 3.05) is 7.11 Å². The highest BCUT2D eigenvalue weighted by molar-refractivity contribution is 6.34. The number of rotatable bonds is 3. The first kappa shape index (κ1) is 11.3. The highest BCUT2D eigenvalue weighted by atomic mass is 19.1. The summed E-state index contributed by atoms with van der Waals surface area (Å²) < 4.78 is 29.6. The summed E-state index contributed by atoms with van der Waals surface area (Å²) in [5, 5.41) is 0. The van der Waals surface area contributed by atoms with Gasteiger partial charge in [0.15, 0.2) is 0 Å². The molecule has 0 unspecified atom stereocenters. The Morgan fingerprint density at radius 1 is 1.20 bits per heavy atom. The first-order chi connectivity index (χ1) is 7.02. The third-order valence-corrected chi connectivity index (χ3v) is 1.70. The zero-order valence-electron chi connectivity index (χ0n) is 7.92. The van der Waals surface area contributed by atoms with E-state index < -0.39 is 23.4 Å². The van der Waals surface area contributed by atoms with Crippen molar-refractivity contribution in [1.82, 2.24) is 0 Å². The molecular weight excluding hydrogens is 206 g/mol. The van der Waals surface area contributed by atoms with Crippen molar-refractivity contribution in [2.45, 2.75) is 6.42 Å². The lowest BCUT2D eigenvalue weighted by Crippen LogP contribution is -2.17. The second-order valence-electron chi connectivity index (χ2n) is 2.87. The molecule has 0 heterocycles. The lowest BCUT2D eigenvalue weighted by Gasteiger charge is -2.00. The van der Waals surface area contributed by atoms with Crippen molar-refractivity contribution in [3.8, 4) is 0 Å². The molecule has 0 amide bonds. The van der Waals surface area contributed by atoms with Gasteiger partial charge in [0.25, 0.3) is 0 Å². The van der Waals surface area contributed by atoms with Gasteiger partial charge in [-0.3, -0.25) is 4.79 Å². The van der Waals surface area contributed by atoms with E-state index in [1.54, 1.807) is 0 Å². The molecule has 0 aliphatic rings. The summed E-state index contributed by atoms with van der Waals surface area (Å²) in [5.41, 5.74) is 0.0999. The zero-order chi connectivity index (χ0) is 11.4.